The van der Waals surface area contributed by atoms with Gasteiger partial charge in [0.15, 0.2) is 14.6 Å². The molecule has 1 saturated heterocycles. The summed E-state index contributed by atoms with van der Waals surface area (Å²) in [7, 11) is -0.611. The molecule has 24 heavy (non-hydrogen) atoms. The third kappa shape index (κ3) is 4.81. The van der Waals surface area contributed by atoms with Crippen molar-refractivity contribution in [1.82, 2.24) is 0 Å². The number of aliphatic hydroxyl groups is 1. The maximum absolute atomic E-state index is 12.0. The predicted octanol–water partition coefficient (Wildman–Crippen LogP) is 3.57. The Hall–Kier alpha value is -0.433. The van der Waals surface area contributed by atoms with Crippen LogP contribution in [0.15, 0.2) is 0 Å². The van der Waals surface area contributed by atoms with E-state index in [4.69, 9.17) is 13.9 Å². The summed E-state index contributed by atoms with van der Waals surface area (Å²) in [6, 6.07) is 0. The third-order valence-corrected chi connectivity index (χ3v) is 10.1. The molecule has 0 aliphatic carbocycles. The van der Waals surface area contributed by atoms with E-state index in [-0.39, 0.29) is 28.9 Å². The van der Waals surface area contributed by atoms with Gasteiger partial charge in [0.05, 0.1) is 25.2 Å². The number of carbonyl (C=O) groups is 1. The SMILES string of the molecule is COC(=O)[C@H](C)[C@@H]1OC(O)C[C@H](O[Si](C)(C)C(C)(C)C)[C@@H]1C(C)C. The summed E-state index contributed by atoms with van der Waals surface area (Å²) >= 11 is 0. The number of aliphatic hydroxyl groups excluding tert-OH is 1. The van der Waals surface area contributed by atoms with Gasteiger partial charge in [-0.1, -0.05) is 34.6 Å². The molecule has 5 atom stereocenters. The second-order valence-electron chi connectivity index (χ2n) is 8.84. The molecule has 1 unspecified atom stereocenters. The van der Waals surface area contributed by atoms with Crippen molar-refractivity contribution in [3.63, 3.8) is 0 Å². The average Bonchev–Trinajstić information content (AvgIpc) is 2.42. The number of ether oxygens (including phenoxy) is 2. The first-order valence-electron chi connectivity index (χ1n) is 8.91. The first-order chi connectivity index (χ1) is 10.8. The minimum absolute atomic E-state index is 0.0385. The monoisotopic (exact) mass is 360 g/mol. The number of carbonyl (C=O) groups excluding carboxylic acids is 1. The van der Waals surface area contributed by atoms with E-state index in [9.17, 15) is 9.90 Å². The second-order valence-corrected chi connectivity index (χ2v) is 13.6. The molecule has 0 bridgehead atoms. The van der Waals surface area contributed by atoms with Crippen LogP contribution in [0.4, 0.5) is 0 Å². The molecule has 0 aromatic rings. The minimum Gasteiger partial charge on any atom is -0.469 e. The first-order valence-corrected chi connectivity index (χ1v) is 11.8. The van der Waals surface area contributed by atoms with Gasteiger partial charge in [0.25, 0.3) is 0 Å². The largest absolute Gasteiger partial charge is 0.469 e. The molecule has 6 heteroatoms. The smallest absolute Gasteiger partial charge is 0.311 e. The van der Waals surface area contributed by atoms with Gasteiger partial charge in [-0.15, -0.1) is 0 Å². The fourth-order valence-electron chi connectivity index (χ4n) is 3.16. The van der Waals surface area contributed by atoms with Crippen LogP contribution in [0, 0.1) is 17.8 Å². The highest BCUT2D eigenvalue weighted by molar-refractivity contribution is 6.74. The summed E-state index contributed by atoms with van der Waals surface area (Å²) in [6.07, 6.45) is -0.991. The Morgan fingerprint density at radius 2 is 1.79 bits per heavy atom. The zero-order valence-corrected chi connectivity index (χ0v) is 17.8. The van der Waals surface area contributed by atoms with E-state index in [1.807, 2.05) is 0 Å². The van der Waals surface area contributed by atoms with Gasteiger partial charge in [0.1, 0.15) is 0 Å². The molecule has 1 aliphatic rings. The van der Waals surface area contributed by atoms with Crippen molar-refractivity contribution < 1.29 is 23.8 Å². The van der Waals surface area contributed by atoms with Crippen molar-refractivity contribution in [3.8, 4) is 0 Å². The van der Waals surface area contributed by atoms with Gasteiger partial charge in [-0.2, -0.15) is 0 Å². The molecule has 1 N–H and O–H groups in total. The Morgan fingerprint density at radius 3 is 2.21 bits per heavy atom. The van der Waals surface area contributed by atoms with E-state index in [0.29, 0.717) is 6.42 Å². The van der Waals surface area contributed by atoms with Crippen LogP contribution in [0.2, 0.25) is 18.1 Å². The fraction of sp³-hybridized carbons (Fsp3) is 0.944. The van der Waals surface area contributed by atoms with Gasteiger partial charge in [-0.25, -0.2) is 0 Å². The summed E-state index contributed by atoms with van der Waals surface area (Å²) < 4.78 is 17.3. The topological polar surface area (TPSA) is 65.0 Å². The molecule has 0 spiro atoms. The number of hydrogen-bond donors (Lipinski definition) is 1. The van der Waals surface area contributed by atoms with Crippen molar-refractivity contribution in [2.45, 2.75) is 84.6 Å². The van der Waals surface area contributed by atoms with Crippen LogP contribution in [0.3, 0.4) is 0 Å². The van der Waals surface area contributed by atoms with E-state index in [0.717, 1.165) is 0 Å². The highest BCUT2D eigenvalue weighted by Gasteiger charge is 2.48. The molecular weight excluding hydrogens is 324 g/mol. The van der Waals surface area contributed by atoms with Crippen LogP contribution in [0.1, 0.15) is 48.0 Å². The molecule has 1 heterocycles. The lowest BCUT2D eigenvalue weighted by molar-refractivity contribution is -0.232. The highest BCUT2D eigenvalue weighted by atomic mass is 28.4. The molecule has 142 valence electrons. The Morgan fingerprint density at radius 1 is 1.25 bits per heavy atom. The van der Waals surface area contributed by atoms with Crippen LogP contribution in [-0.2, 0) is 18.7 Å². The predicted molar refractivity (Wildman–Crippen MR) is 97.1 cm³/mol. The van der Waals surface area contributed by atoms with Crippen molar-refractivity contribution in [2.75, 3.05) is 7.11 Å². The lowest BCUT2D eigenvalue weighted by Gasteiger charge is -2.48. The maximum Gasteiger partial charge on any atom is 0.311 e. The average molecular weight is 361 g/mol. The minimum atomic E-state index is -1.99. The molecule has 0 saturated carbocycles. The van der Waals surface area contributed by atoms with Gasteiger partial charge in [-0.3, -0.25) is 4.79 Å². The van der Waals surface area contributed by atoms with Crippen molar-refractivity contribution in [3.05, 3.63) is 0 Å². The molecule has 5 nitrogen and oxygen atoms in total. The Bertz CT molecular complexity index is 430. The Kier molecular flexibility index (Phi) is 7.07. The standard InChI is InChI=1S/C18H36O5Si/c1-11(2)15-13(23-24(8,9)18(4,5)6)10-14(19)22-16(15)12(3)17(20)21-7/h11-16,19H,10H2,1-9H3/t12-,13+,14?,15+,16+/m1/s1. The lowest BCUT2D eigenvalue weighted by atomic mass is 9.77. The summed E-state index contributed by atoms with van der Waals surface area (Å²) in [5.74, 6) is -0.449. The van der Waals surface area contributed by atoms with Gasteiger partial charge < -0.3 is 19.0 Å². The van der Waals surface area contributed by atoms with Crippen LogP contribution < -0.4 is 0 Å². The number of hydrogen-bond acceptors (Lipinski definition) is 5. The van der Waals surface area contributed by atoms with Gasteiger partial charge >= 0.3 is 5.97 Å². The van der Waals surface area contributed by atoms with Crippen LogP contribution in [0.25, 0.3) is 0 Å². The van der Waals surface area contributed by atoms with E-state index in [1.165, 1.54) is 7.11 Å². The zero-order valence-electron chi connectivity index (χ0n) is 16.8. The van der Waals surface area contributed by atoms with E-state index in [2.05, 4.69) is 47.7 Å². The molecule has 1 rings (SSSR count). The summed E-state index contributed by atoms with van der Waals surface area (Å²) in [4.78, 5) is 12.0. The Balaban J connectivity index is 3.11. The van der Waals surface area contributed by atoms with Crippen LogP contribution in [0.5, 0.6) is 0 Å². The lowest BCUT2D eigenvalue weighted by Crippen LogP contribution is -2.55. The van der Waals surface area contributed by atoms with Crippen LogP contribution in [-0.4, -0.2) is 45.0 Å². The molecule has 1 fully saturated rings. The van der Waals surface area contributed by atoms with Crippen LogP contribution >= 0.6 is 0 Å². The molecule has 0 radical (unpaired) electrons. The van der Waals surface area contributed by atoms with Crippen molar-refractivity contribution in [2.24, 2.45) is 17.8 Å². The summed E-state index contributed by atoms with van der Waals surface area (Å²) in [6.45, 7) is 17.1. The number of methoxy groups -OCH3 is 1. The van der Waals surface area contributed by atoms with Crippen molar-refractivity contribution >= 4 is 14.3 Å². The molecular formula is C18H36O5Si. The van der Waals surface area contributed by atoms with E-state index in [1.54, 1.807) is 6.92 Å². The normalized spacial score (nSPS) is 30.3. The van der Waals surface area contributed by atoms with Gasteiger partial charge in [-0.05, 0) is 31.0 Å². The second kappa shape index (κ2) is 7.85. The molecule has 0 amide bonds. The van der Waals surface area contributed by atoms with Gasteiger partial charge in [0, 0.05) is 12.3 Å². The summed E-state index contributed by atoms with van der Waals surface area (Å²) in [5.41, 5.74) is 0. The van der Waals surface area contributed by atoms with Gasteiger partial charge in [0.2, 0.25) is 0 Å². The molecule has 0 aromatic heterocycles. The summed E-state index contributed by atoms with van der Waals surface area (Å²) in [5, 5.41) is 10.3. The number of rotatable bonds is 5. The number of esters is 1. The fourth-order valence-corrected chi connectivity index (χ4v) is 4.52. The van der Waals surface area contributed by atoms with E-state index < -0.39 is 26.6 Å². The van der Waals surface area contributed by atoms with Crippen molar-refractivity contribution in [1.29, 1.82) is 0 Å². The molecule has 1 aliphatic heterocycles. The quantitative estimate of drug-likeness (QED) is 0.600. The Labute approximate surface area is 148 Å². The third-order valence-electron chi connectivity index (χ3n) is 5.64. The first kappa shape index (κ1) is 21.6. The van der Waals surface area contributed by atoms with E-state index >= 15 is 0 Å². The molecule has 0 aromatic carbocycles. The highest BCUT2D eigenvalue weighted by Crippen LogP contribution is 2.43. The maximum atomic E-state index is 12.0. The zero-order chi connectivity index (χ0) is 18.9.